The molecule has 0 bridgehead atoms. The minimum atomic E-state index is 0. The predicted octanol–water partition coefficient (Wildman–Crippen LogP) is 1.71. The number of para-hydroxylation sites is 1. The van der Waals surface area contributed by atoms with Gasteiger partial charge in [0.25, 0.3) is 0 Å². The maximum atomic E-state index is 5.38. The molecular formula is C9H14ClNO. The van der Waals surface area contributed by atoms with Crippen LogP contribution in [-0.2, 0) is 0 Å². The van der Waals surface area contributed by atoms with Gasteiger partial charge in [-0.05, 0) is 19.2 Å². The minimum Gasteiger partial charge on any atom is -0.492 e. The standard InChI is InChI=1S/C9H13NO.ClH/c1-10-7-8-11-9-5-3-2-4-6-9;/h2-6,10H,7-8H2,1H3;1H. The molecule has 0 amide bonds. The highest BCUT2D eigenvalue weighted by Crippen LogP contribution is 2.06. The lowest BCUT2D eigenvalue weighted by atomic mass is 10.3. The van der Waals surface area contributed by atoms with Crippen LogP contribution in [0, 0.1) is 0 Å². The molecule has 0 aliphatic rings. The van der Waals surface area contributed by atoms with Gasteiger partial charge in [-0.1, -0.05) is 18.2 Å². The predicted molar refractivity (Wildman–Crippen MR) is 53.1 cm³/mol. The summed E-state index contributed by atoms with van der Waals surface area (Å²) in [6.45, 7) is 1.61. The molecule has 0 radical (unpaired) electrons. The van der Waals surface area contributed by atoms with Gasteiger partial charge in [0.15, 0.2) is 0 Å². The van der Waals surface area contributed by atoms with Crippen LogP contribution in [0.15, 0.2) is 30.3 Å². The third kappa shape index (κ3) is 4.21. The van der Waals surface area contributed by atoms with Crippen molar-refractivity contribution in [1.82, 2.24) is 5.32 Å². The van der Waals surface area contributed by atoms with Gasteiger partial charge < -0.3 is 10.1 Å². The number of halogens is 1. The van der Waals surface area contributed by atoms with Crippen molar-refractivity contribution in [3.8, 4) is 5.75 Å². The molecule has 0 aliphatic carbocycles. The van der Waals surface area contributed by atoms with E-state index in [1.54, 1.807) is 0 Å². The van der Waals surface area contributed by atoms with Gasteiger partial charge in [0.1, 0.15) is 12.4 Å². The molecule has 68 valence electrons. The fourth-order valence-corrected chi connectivity index (χ4v) is 0.788. The lowest BCUT2D eigenvalue weighted by Crippen LogP contribution is -2.15. The first-order chi connectivity index (χ1) is 5.43. The van der Waals surface area contributed by atoms with Gasteiger partial charge in [0.05, 0.1) is 0 Å². The average Bonchev–Trinajstić information content (AvgIpc) is 2.07. The van der Waals surface area contributed by atoms with Gasteiger partial charge in [-0.25, -0.2) is 0 Å². The van der Waals surface area contributed by atoms with Gasteiger partial charge in [0, 0.05) is 6.54 Å². The summed E-state index contributed by atoms with van der Waals surface area (Å²) in [4.78, 5) is 0. The summed E-state index contributed by atoms with van der Waals surface area (Å²) in [6.07, 6.45) is 0. The number of likely N-dealkylation sites (N-methyl/N-ethyl adjacent to an activating group) is 1. The van der Waals surface area contributed by atoms with Crippen molar-refractivity contribution in [3.05, 3.63) is 30.3 Å². The first kappa shape index (κ1) is 11.3. The van der Waals surface area contributed by atoms with E-state index in [9.17, 15) is 0 Å². The Balaban J connectivity index is 0.00000121. The summed E-state index contributed by atoms with van der Waals surface area (Å²) in [5.41, 5.74) is 0. The van der Waals surface area contributed by atoms with E-state index in [1.165, 1.54) is 0 Å². The van der Waals surface area contributed by atoms with Crippen molar-refractivity contribution < 1.29 is 4.74 Å². The molecule has 2 nitrogen and oxygen atoms in total. The Morgan fingerprint density at radius 2 is 1.92 bits per heavy atom. The Hall–Kier alpha value is -0.730. The number of hydrogen-bond acceptors (Lipinski definition) is 2. The second-order valence-electron chi connectivity index (χ2n) is 2.27. The van der Waals surface area contributed by atoms with Crippen LogP contribution in [0.25, 0.3) is 0 Å². The third-order valence-electron chi connectivity index (χ3n) is 1.36. The maximum absolute atomic E-state index is 5.38. The summed E-state index contributed by atoms with van der Waals surface area (Å²) < 4.78 is 5.38. The smallest absolute Gasteiger partial charge is 0.119 e. The number of nitrogens with one attached hydrogen (secondary N) is 1. The molecule has 1 N–H and O–H groups in total. The molecule has 12 heavy (non-hydrogen) atoms. The van der Waals surface area contributed by atoms with Gasteiger partial charge >= 0.3 is 0 Å². The van der Waals surface area contributed by atoms with Crippen LogP contribution in [0.3, 0.4) is 0 Å². The van der Waals surface area contributed by atoms with Crippen LogP contribution < -0.4 is 10.1 Å². The van der Waals surface area contributed by atoms with Crippen molar-refractivity contribution in [3.63, 3.8) is 0 Å². The average molecular weight is 188 g/mol. The molecular weight excluding hydrogens is 174 g/mol. The molecule has 0 saturated carbocycles. The molecule has 0 spiro atoms. The summed E-state index contributed by atoms with van der Waals surface area (Å²) >= 11 is 0. The second kappa shape index (κ2) is 6.95. The fourth-order valence-electron chi connectivity index (χ4n) is 0.788. The van der Waals surface area contributed by atoms with E-state index in [-0.39, 0.29) is 12.4 Å². The van der Waals surface area contributed by atoms with Crippen molar-refractivity contribution in [1.29, 1.82) is 0 Å². The first-order valence-corrected chi connectivity index (χ1v) is 3.76. The van der Waals surface area contributed by atoms with Crippen molar-refractivity contribution >= 4 is 12.4 Å². The Morgan fingerprint density at radius 3 is 2.50 bits per heavy atom. The topological polar surface area (TPSA) is 21.3 Å². The molecule has 0 heterocycles. The maximum Gasteiger partial charge on any atom is 0.119 e. The monoisotopic (exact) mass is 187 g/mol. The number of rotatable bonds is 4. The Labute approximate surface area is 79.3 Å². The Kier molecular flexibility index (Phi) is 6.53. The van der Waals surface area contributed by atoms with E-state index in [1.807, 2.05) is 37.4 Å². The highest BCUT2D eigenvalue weighted by atomic mass is 35.5. The second-order valence-corrected chi connectivity index (χ2v) is 2.27. The normalized spacial score (nSPS) is 8.75. The van der Waals surface area contributed by atoms with Crippen LogP contribution >= 0.6 is 12.4 Å². The molecule has 0 atom stereocenters. The van der Waals surface area contributed by atoms with Crippen LogP contribution in [0.1, 0.15) is 0 Å². The van der Waals surface area contributed by atoms with Crippen LogP contribution in [0.5, 0.6) is 5.75 Å². The molecule has 3 heteroatoms. The third-order valence-corrected chi connectivity index (χ3v) is 1.36. The molecule has 0 unspecified atom stereocenters. The number of hydrogen-bond donors (Lipinski definition) is 1. The molecule has 1 aromatic rings. The molecule has 0 aliphatic heterocycles. The van der Waals surface area contributed by atoms with Crippen molar-refractivity contribution in [2.45, 2.75) is 0 Å². The zero-order valence-corrected chi connectivity index (χ0v) is 7.93. The summed E-state index contributed by atoms with van der Waals surface area (Å²) in [5.74, 6) is 0.933. The lowest BCUT2D eigenvalue weighted by Gasteiger charge is -2.03. The number of ether oxygens (including phenoxy) is 1. The van der Waals surface area contributed by atoms with Gasteiger partial charge in [-0.2, -0.15) is 0 Å². The Bertz CT molecular complexity index is 191. The van der Waals surface area contributed by atoms with E-state index in [2.05, 4.69) is 5.32 Å². The van der Waals surface area contributed by atoms with Gasteiger partial charge in [0.2, 0.25) is 0 Å². The quantitative estimate of drug-likeness (QED) is 0.725. The zero-order valence-electron chi connectivity index (χ0n) is 7.12. The highest BCUT2D eigenvalue weighted by molar-refractivity contribution is 5.85. The van der Waals surface area contributed by atoms with Crippen molar-refractivity contribution in [2.75, 3.05) is 20.2 Å². The Morgan fingerprint density at radius 1 is 1.25 bits per heavy atom. The highest BCUT2D eigenvalue weighted by Gasteiger charge is 1.87. The summed E-state index contributed by atoms with van der Waals surface area (Å²) in [6, 6.07) is 9.82. The fraction of sp³-hybridized carbons (Fsp3) is 0.333. The summed E-state index contributed by atoms with van der Waals surface area (Å²) in [5, 5.41) is 3.01. The van der Waals surface area contributed by atoms with Crippen molar-refractivity contribution in [2.24, 2.45) is 0 Å². The minimum absolute atomic E-state index is 0. The van der Waals surface area contributed by atoms with E-state index in [0.29, 0.717) is 0 Å². The van der Waals surface area contributed by atoms with Gasteiger partial charge in [-0.15, -0.1) is 12.4 Å². The molecule has 0 saturated heterocycles. The van der Waals surface area contributed by atoms with E-state index < -0.39 is 0 Å². The molecule has 0 fully saturated rings. The molecule has 1 aromatic carbocycles. The van der Waals surface area contributed by atoms with Crippen LogP contribution in [0.4, 0.5) is 0 Å². The largest absolute Gasteiger partial charge is 0.492 e. The SMILES string of the molecule is CNCCOc1ccccc1.Cl. The lowest BCUT2D eigenvalue weighted by molar-refractivity contribution is 0.318. The van der Waals surface area contributed by atoms with Crippen LogP contribution in [0.2, 0.25) is 0 Å². The summed E-state index contributed by atoms with van der Waals surface area (Å²) in [7, 11) is 1.91. The molecule has 0 aromatic heterocycles. The first-order valence-electron chi connectivity index (χ1n) is 3.76. The zero-order chi connectivity index (χ0) is 7.94. The number of benzene rings is 1. The van der Waals surface area contributed by atoms with E-state index >= 15 is 0 Å². The van der Waals surface area contributed by atoms with E-state index in [0.717, 1.165) is 18.9 Å². The molecule has 1 rings (SSSR count). The van der Waals surface area contributed by atoms with E-state index in [4.69, 9.17) is 4.74 Å². The van der Waals surface area contributed by atoms with Gasteiger partial charge in [-0.3, -0.25) is 0 Å². The van der Waals surface area contributed by atoms with Crippen LogP contribution in [-0.4, -0.2) is 20.2 Å².